The summed E-state index contributed by atoms with van der Waals surface area (Å²) in [6, 6.07) is 0.664. The van der Waals surface area contributed by atoms with E-state index in [1.54, 1.807) is 0 Å². The van der Waals surface area contributed by atoms with Gasteiger partial charge in [0.15, 0.2) is 0 Å². The summed E-state index contributed by atoms with van der Waals surface area (Å²) >= 11 is 0. The van der Waals surface area contributed by atoms with Crippen LogP contribution in [0, 0.1) is 5.92 Å². The maximum absolute atomic E-state index is 10.5. The Morgan fingerprint density at radius 3 is 2.79 bits per heavy atom. The van der Waals surface area contributed by atoms with Gasteiger partial charge in [0.05, 0.1) is 0 Å². The SMILES string of the molecule is CC1CCCCC1NCCCC(N)=O. The zero-order valence-corrected chi connectivity index (χ0v) is 9.09. The third kappa shape index (κ3) is 4.09. The van der Waals surface area contributed by atoms with E-state index in [2.05, 4.69) is 12.2 Å². The van der Waals surface area contributed by atoms with Crippen molar-refractivity contribution in [3.05, 3.63) is 0 Å². The molecule has 0 aliphatic heterocycles. The van der Waals surface area contributed by atoms with Crippen molar-refractivity contribution in [3.63, 3.8) is 0 Å². The quantitative estimate of drug-likeness (QED) is 0.656. The van der Waals surface area contributed by atoms with Crippen molar-refractivity contribution in [2.75, 3.05) is 6.54 Å². The monoisotopic (exact) mass is 198 g/mol. The average molecular weight is 198 g/mol. The van der Waals surface area contributed by atoms with E-state index in [0.29, 0.717) is 12.5 Å². The minimum absolute atomic E-state index is 0.191. The lowest BCUT2D eigenvalue weighted by molar-refractivity contribution is -0.118. The zero-order valence-electron chi connectivity index (χ0n) is 9.09. The van der Waals surface area contributed by atoms with Crippen LogP contribution in [-0.4, -0.2) is 18.5 Å². The van der Waals surface area contributed by atoms with Crippen molar-refractivity contribution in [1.82, 2.24) is 5.32 Å². The van der Waals surface area contributed by atoms with Gasteiger partial charge in [-0.2, -0.15) is 0 Å². The van der Waals surface area contributed by atoms with Crippen molar-refractivity contribution in [2.45, 2.75) is 51.5 Å². The summed E-state index contributed by atoms with van der Waals surface area (Å²) in [5, 5.41) is 3.52. The Hall–Kier alpha value is -0.570. The maximum atomic E-state index is 10.5. The number of carbonyl (C=O) groups excluding carboxylic acids is 1. The molecule has 1 aliphatic rings. The average Bonchev–Trinajstić information content (AvgIpc) is 2.15. The maximum Gasteiger partial charge on any atom is 0.217 e. The number of amides is 1. The van der Waals surface area contributed by atoms with Gasteiger partial charge in [0.1, 0.15) is 0 Å². The number of nitrogens with two attached hydrogens (primary N) is 1. The van der Waals surface area contributed by atoms with Gasteiger partial charge in [0.25, 0.3) is 0 Å². The van der Waals surface area contributed by atoms with Gasteiger partial charge in [0.2, 0.25) is 5.91 Å². The molecule has 1 fully saturated rings. The molecule has 0 aromatic heterocycles. The molecular weight excluding hydrogens is 176 g/mol. The Balaban J connectivity index is 2.07. The van der Waals surface area contributed by atoms with Crippen LogP contribution in [0.15, 0.2) is 0 Å². The summed E-state index contributed by atoms with van der Waals surface area (Å²) in [6.07, 6.45) is 6.73. The van der Waals surface area contributed by atoms with Gasteiger partial charge >= 0.3 is 0 Å². The van der Waals surface area contributed by atoms with E-state index in [1.165, 1.54) is 25.7 Å². The highest BCUT2D eigenvalue weighted by atomic mass is 16.1. The standard InChI is InChI=1S/C11H22N2O/c1-9-5-2-3-6-10(9)13-8-4-7-11(12)14/h9-10,13H,2-8H2,1H3,(H2,12,14). The Labute approximate surface area is 86.4 Å². The molecule has 0 heterocycles. The molecule has 2 atom stereocenters. The zero-order chi connectivity index (χ0) is 10.4. The highest BCUT2D eigenvalue weighted by Crippen LogP contribution is 2.23. The first-order valence-corrected chi connectivity index (χ1v) is 5.72. The van der Waals surface area contributed by atoms with Gasteiger partial charge in [-0.25, -0.2) is 0 Å². The number of carbonyl (C=O) groups is 1. The summed E-state index contributed by atoms with van der Waals surface area (Å²) in [5.41, 5.74) is 5.07. The van der Waals surface area contributed by atoms with Gasteiger partial charge in [-0.05, 0) is 31.7 Å². The number of primary amides is 1. The second kappa shape index (κ2) is 6.02. The molecule has 3 nitrogen and oxygen atoms in total. The Morgan fingerprint density at radius 2 is 2.14 bits per heavy atom. The van der Waals surface area contributed by atoms with Gasteiger partial charge in [-0.1, -0.05) is 19.8 Å². The van der Waals surface area contributed by atoms with Crippen LogP contribution in [0.5, 0.6) is 0 Å². The van der Waals surface area contributed by atoms with E-state index in [9.17, 15) is 4.79 Å². The third-order valence-corrected chi connectivity index (χ3v) is 3.12. The Bertz CT molecular complexity index is 182. The number of nitrogens with one attached hydrogen (secondary N) is 1. The first kappa shape index (κ1) is 11.5. The molecule has 0 aromatic rings. The molecule has 82 valence electrons. The summed E-state index contributed by atoms with van der Waals surface area (Å²) < 4.78 is 0. The lowest BCUT2D eigenvalue weighted by Crippen LogP contribution is -2.37. The molecule has 14 heavy (non-hydrogen) atoms. The molecule has 0 radical (unpaired) electrons. The molecule has 0 saturated heterocycles. The predicted molar refractivity (Wildman–Crippen MR) is 57.9 cm³/mol. The highest BCUT2D eigenvalue weighted by Gasteiger charge is 2.19. The molecule has 1 rings (SSSR count). The highest BCUT2D eigenvalue weighted by molar-refractivity contribution is 5.73. The summed E-state index contributed by atoms with van der Waals surface area (Å²) in [7, 11) is 0. The Morgan fingerprint density at radius 1 is 1.43 bits per heavy atom. The van der Waals surface area contributed by atoms with Crippen molar-refractivity contribution >= 4 is 5.91 Å². The van der Waals surface area contributed by atoms with Crippen LogP contribution in [0.2, 0.25) is 0 Å². The molecule has 2 unspecified atom stereocenters. The van der Waals surface area contributed by atoms with E-state index in [4.69, 9.17) is 5.73 Å². The predicted octanol–water partition coefficient (Wildman–Crippen LogP) is 1.42. The second-order valence-electron chi connectivity index (χ2n) is 4.39. The molecule has 1 amide bonds. The molecule has 1 saturated carbocycles. The lowest BCUT2D eigenvalue weighted by atomic mass is 9.86. The fourth-order valence-electron chi connectivity index (χ4n) is 2.17. The van der Waals surface area contributed by atoms with E-state index in [0.717, 1.165) is 18.9 Å². The van der Waals surface area contributed by atoms with Crippen LogP contribution in [0.4, 0.5) is 0 Å². The van der Waals surface area contributed by atoms with E-state index < -0.39 is 0 Å². The second-order valence-corrected chi connectivity index (χ2v) is 4.39. The fourth-order valence-corrected chi connectivity index (χ4v) is 2.17. The van der Waals surface area contributed by atoms with Gasteiger partial charge in [-0.15, -0.1) is 0 Å². The van der Waals surface area contributed by atoms with Crippen molar-refractivity contribution in [1.29, 1.82) is 0 Å². The van der Waals surface area contributed by atoms with Crippen LogP contribution in [0.1, 0.15) is 45.4 Å². The molecule has 0 spiro atoms. The van der Waals surface area contributed by atoms with Crippen LogP contribution in [-0.2, 0) is 4.79 Å². The number of hydrogen-bond acceptors (Lipinski definition) is 2. The lowest BCUT2D eigenvalue weighted by Gasteiger charge is -2.29. The molecule has 1 aliphatic carbocycles. The number of hydrogen-bond donors (Lipinski definition) is 2. The summed E-state index contributed by atoms with van der Waals surface area (Å²) in [6.45, 7) is 3.24. The van der Waals surface area contributed by atoms with Gasteiger partial charge in [0, 0.05) is 12.5 Å². The largest absolute Gasteiger partial charge is 0.370 e. The summed E-state index contributed by atoms with van der Waals surface area (Å²) in [4.78, 5) is 10.5. The molecule has 3 N–H and O–H groups in total. The first-order valence-electron chi connectivity index (χ1n) is 5.72. The van der Waals surface area contributed by atoms with E-state index >= 15 is 0 Å². The molecule has 0 aromatic carbocycles. The minimum Gasteiger partial charge on any atom is -0.370 e. The fraction of sp³-hybridized carbons (Fsp3) is 0.909. The molecular formula is C11H22N2O. The van der Waals surface area contributed by atoms with E-state index in [1.807, 2.05) is 0 Å². The van der Waals surface area contributed by atoms with Crippen molar-refractivity contribution < 1.29 is 4.79 Å². The van der Waals surface area contributed by atoms with Crippen LogP contribution in [0.25, 0.3) is 0 Å². The Kier molecular flexibility index (Phi) is 4.94. The van der Waals surface area contributed by atoms with Crippen LogP contribution in [0.3, 0.4) is 0 Å². The van der Waals surface area contributed by atoms with Gasteiger partial charge < -0.3 is 11.1 Å². The van der Waals surface area contributed by atoms with Crippen molar-refractivity contribution in [2.24, 2.45) is 11.7 Å². The van der Waals surface area contributed by atoms with Crippen LogP contribution < -0.4 is 11.1 Å². The topological polar surface area (TPSA) is 55.1 Å². The summed E-state index contributed by atoms with van der Waals surface area (Å²) in [5.74, 6) is 0.598. The number of rotatable bonds is 5. The molecule has 3 heteroatoms. The smallest absolute Gasteiger partial charge is 0.217 e. The van der Waals surface area contributed by atoms with Crippen LogP contribution >= 0.6 is 0 Å². The van der Waals surface area contributed by atoms with Crippen molar-refractivity contribution in [3.8, 4) is 0 Å². The first-order chi connectivity index (χ1) is 6.70. The minimum atomic E-state index is -0.191. The van der Waals surface area contributed by atoms with E-state index in [-0.39, 0.29) is 5.91 Å². The normalized spacial score (nSPS) is 27.5. The molecule has 0 bridgehead atoms. The third-order valence-electron chi connectivity index (χ3n) is 3.12. The van der Waals surface area contributed by atoms with Gasteiger partial charge in [-0.3, -0.25) is 4.79 Å².